The third kappa shape index (κ3) is 4.53. The van der Waals surface area contributed by atoms with E-state index in [-0.39, 0.29) is 0 Å². The molecule has 0 amide bonds. The standard InChI is InChI=1S/C17H24N4O2/c1-2-16-19-17(23-20-16)14-4-6-15(7-5-14)22-13-3-10-21-11-8-18-9-12-21/h4-7,18H,2-3,8-13H2,1H3. The van der Waals surface area contributed by atoms with E-state index < -0.39 is 0 Å². The molecule has 2 heterocycles. The molecule has 1 aliphatic rings. The maximum Gasteiger partial charge on any atom is 0.257 e. The highest BCUT2D eigenvalue weighted by atomic mass is 16.5. The summed E-state index contributed by atoms with van der Waals surface area (Å²) in [6.45, 7) is 8.31. The fraction of sp³-hybridized carbons (Fsp3) is 0.529. The summed E-state index contributed by atoms with van der Waals surface area (Å²) in [7, 11) is 0. The molecule has 1 aromatic carbocycles. The van der Waals surface area contributed by atoms with Crippen molar-refractivity contribution in [3.63, 3.8) is 0 Å². The van der Waals surface area contributed by atoms with Crippen molar-refractivity contribution in [1.82, 2.24) is 20.4 Å². The van der Waals surface area contributed by atoms with Gasteiger partial charge in [-0.3, -0.25) is 0 Å². The predicted octanol–water partition coefficient (Wildman–Crippen LogP) is 1.97. The molecule has 6 nitrogen and oxygen atoms in total. The molecule has 0 atom stereocenters. The van der Waals surface area contributed by atoms with Gasteiger partial charge in [0.1, 0.15) is 5.75 Å². The molecule has 6 heteroatoms. The average molecular weight is 316 g/mol. The summed E-state index contributed by atoms with van der Waals surface area (Å²) in [4.78, 5) is 6.80. The zero-order chi connectivity index (χ0) is 15.9. The zero-order valence-electron chi connectivity index (χ0n) is 13.6. The number of aromatic nitrogens is 2. The molecule has 1 fully saturated rings. The third-order valence-electron chi connectivity index (χ3n) is 3.98. The maximum absolute atomic E-state index is 5.81. The Kier molecular flexibility index (Phi) is 5.60. The number of benzene rings is 1. The minimum atomic E-state index is 0.562. The summed E-state index contributed by atoms with van der Waals surface area (Å²) in [6.07, 6.45) is 1.82. The fourth-order valence-corrected chi connectivity index (χ4v) is 2.62. The Morgan fingerprint density at radius 1 is 1.22 bits per heavy atom. The van der Waals surface area contributed by atoms with Crippen LogP contribution in [0.4, 0.5) is 0 Å². The normalized spacial score (nSPS) is 15.7. The van der Waals surface area contributed by atoms with Crippen LogP contribution in [-0.4, -0.2) is 54.4 Å². The molecule has 124 valence electrons. The SMILES string of the molecule is CCc1noc(-c2ccc(OCCCN3CCNCC3)cc2)n1. The van der Waals surface area contributed by atoms with E-state index in [0.717, 1.165) is 69.3 Å². The topological polar surface area (TPSA) is 63.4 Å². The Bertz CT molecular complexity index is 591. The first-order chi connectivity index (χ1) is 11.3. The van der Waals surface area contributed by atoms with Crippen molar-refractivity contribution in [1.29, 1.82) is 0 Å². The monoisotopic (exact) mass is 316 g/mol. The number of aryl methyl sites for hydroxylation is 1. The van der Waals surface area contributed by atoms with Crippen LogP contribution < -0.4 is 10.1 Å². The molecular formula is C17H24N4O2. The number of nitrogens with one attached hydrogen (secondary N) is 1. The number of hydrogen-bond acceptors (Lipinski definition) is 6. The molecule has 0 bridgehead atoms. The smallest absolute Gasteiger partial charge is 0.257 e. The van der Waals surface area contributed by atoms with E-state index >= 15 is 0 Å². The van der Waals surface area contributed by atoms with Gasteiger partial charge in [-0.1, -0.05) is 12.1 Å². The zero-order valence-corrected chi connectivity index (χ0v) is 13.6. The Morgan fingerprint density at radius 2 is 2.00 bits per heavy atom. The molecule has 0 unspecified atom stereocenters. The fourth-order valence-electron chi connectivity index (χ4n) is 2.62. The highest BCUT2D eigenvalue weighted by molar-refractivity contribution is 5.54. The number of ether oxygens (including phenoxy) is 1. The Morgan fingerprint density at radius 3 is 2.70 bits per heavy atom. The van der Waals surface area contributed by atoms with Crippen LogP contribution in [0.2, 0.25) is 0 Å². The Labute approximate surface area is 136 Å². The van der Waals surface area contributed by atoms with Crippen molar-refractivity contribution in [2.45, 2.75) is 19.8 Å². The minimum Gasteiger partial charge on any atom is -0.494 e. The molecule has 1 aliphatic heterocycles. The van der Waals surface area contributed by atoms with Gasteiger partial charge >= 0.3 is 0 Å². The maximum atomic E-state index is 5.81. The van der Waals surface area contributed by atoms with E-state index in [9.17, 15) is 0 Å². The van der Waals surface area contributed by atoms with Gasteiger partial charge in [0.15, 0.2) is 5.82 Å². The summed E-state index contributed by atoms with van der Waals surface area (Å²) in [5.41, 5.74) is 0.922. The molecule has 2 aromatic rings. The van der Waals surface area contributed by atoms with Gasteiger partial charge in [-0.25, -0.2) is 0 Å². The highest BCUT2D eigenvalue weighted by Crippen LogP contribution is 2.21. The summed E-state index contributed by atoms with van der Waals surface area (Å²) >= 11 is 0. The second-order valence-electron chi connectivity index (χ2n) is 5.69. The van der Waals surface area contributed by atoms with Gasteiger partial charge < -0.3 is 19.5 Å². The van der Waals surface area contributed by atoms with Crippen LogP contribution >= 0.6 is 0 Å². The lowest BCUT2D eigenvalue weighted by molar-refractivity contribution is 0.214. The van der Waals surface area contributed by atoms with Gasteiger partial charge in [0.25, 0.3) is 5.89 Å². The highest BCUT2D eigenvalue weighted by Gasteiger charge is 2.09. The molecule has 23 heavy (non-hydrogen) atoms. The summed E-state index contributed by atoms with van der Waals surface area (Å²) in [6, 6.07) is 7.82. The quantitative estimate of drug-likeness (QED) is 0.788. The number of piperazine rings is 1. The van der Waals surface area contributed by atoms with Crippen LogP contribution in [-0.2, 0) is 6.42 Å². The van der Waals surface area contributed by atoms with Crippen molar-refractivity contribution >= 4 is 0 Å². The Balaban J connectivity index is 1.44. The van der Waals surface area contributed by atoms with E-state index in [1.165, 1.54) is 0 Å². The van der Waals surface area contributed by atoms with Crippen LogP contribution in [0, 0.1) is 0 Å². The van der Waals surface area contributed by atoms with Crippen molar-refractivity contribution in [3.8, 4) is 17.2 Å². The van der Waals surface area contributed by atoms with Gasteiger partial charge in [0, 0.05) is 44.7 Å². The predicted molar refractivity (Wildman–Crippen MR) is 88.5 cm³/mol. The number of rotatable bonds is 7. The summed E-state index contributed by atoms with van der Waals surface area (Å²) < 4.78 is 11.0. The lowest BCUT2D eigenvalue weighted by atomic mass is 10.2. The number of hydrogen-bond donors (Lipinski definition) is 1. The van der Waals surface area contributed by atoms with Crippen molar-refractivity contribution in [2.75, 3.05) is 39.3 Å². The van der Waals surface area contributed by atoms with E-state index in [1.807, 2.05) is 31.2 Å². The lowest BCUT2D eigenvalue weighted by Crippen LogP contribution is -2.43. The first-order valence-electron chi connectivity index (χ1n) is 8.34. The minimum absolute atomic E-state index is 0.562. The van der Waals surface area contributed by atoms with Crippen LogP contribution in [0.1, 0.15) is 19.2 Å². The largest absolute Gasteiger partial charge is 0.494 e. The Hall–Kier alpha value is -1.92. The first kappa shape index (κ1) is 16.0. The molecule has 0 saturated carbocycles. The molecule has 0 radical (unpaired) electrons. The van der Waals surface area contributed by atoms with E-state index in [0.29, 0.717) is 5.89 Å². The molecule has 3 rings (SSSR count). The van der Waals surface area contributed by atoms with Gasteiger partial charge in [-0.05, 0) is 30.7 Å². The second kappa shape index (κ2) is 8.08. The van der Waals surface area contributed by atoms with Gasteiger partial charge in [-0.2, -0.15) is 4.98 Å². The third-order valence-corrected chi connectivity index (χ3v) is 3.98. The molecule has 0 spiro atoms. The van der Waals surface area contributed by atoms with Crippen molar-refractivity contribution < 1.29 is 9.26 Å². The van der Waals surface area contributed by atoms with Crippen LogP contribution in [0.15, 0.2) is 28.8 Å². The molecule has 0 aliphatic carbocycles. The molecular weight excluding hydrogens is 292 g/mol. The molecule has 1 N–H and O–H groups in total. The van der Waals surface area contributed by atoms with Crippen molar-refractivity contribution in [3.05, 3.63) is 30.1 Å². The van der Waals surface area contributed by atoms with Gasteiger partial charge in [-0.15, -0.1) is 0 Å². The van der Waals surface area contributed by atoms with E-state index in [1.54, 1.807) is 0 Å². The van der Waals surface area contributed by atoms with Crippen LogP contribution in [0.25, 0.3) is 11.5 Å². The average Bonchev–Trinajstić information content (AvgIpc) is 3.09. The van der Waals surface area contributed by atoms with E-state index in [2.05, 4.69) is 20.4 Å². The first-order valence-corrected chi connectivity index (χ1v) is 8.34. The summed E-state index contributed by atoms with van der Waals surface area (Å²) in [5, 5.41) is 7.28. The van der Waals surface area contributed by atoms with E-state index in [4.69, 9.17) is 9.26 Å². The van der Waals surface area contributed by atoms with Crippen LogP contribution in [0.3, 0.4) is 0 Å². The summed E-state index contributed by atoms with van der Waals surface area (Å²) in [5.74, 6) is 2.17. The van der Waals surface area contributed by atoms with Crippen molar-refractivity contribution in [2.24, 2.45) is 0 Å². The molecule has 1 saturated heterocycles. The lowest BCUT2D eigenvalue weighted by Gasteiger charge is -2.26. The molecule has 1 aromatic heterocycles. The number of nitrogens with zero attached hydrogens (tertiary/aromatic N) is 3. The van der Waals surface area contributed by atoms with Gasteiger partial charge in [0.2, 0.25) is 0 Å². The van der Waals surface area contributed by atoms with Gasteiger partial charge in [0.05, 0.1) is 6.61 Å². The van der Waals surface area contributed by atoms with Crippen LogP contribution in [0.5, 0.6) is 5.75 Å². The second-order valence-corrected chi connectivity index (χ2v) is 5.69.